The van der Waals surface area contributed by atoms with E-state index in [1.165, 1.54) is 6.07 Å². The number of hydrogen-bond donors (Lipinski definition) is 0. The van der Waals surface area contributed by atoms with Crippen LogP contribution in [0.5, 0.6) is 0 Å². The second-order valence-electron chi connectivity index (χ2n) is 2.94. The van der Waals surface area contributed by atoms with Crippen molar-refractivity contribution in [2.75, 3.05) is 0 Å². The van der Waals surface area contributed by atoms with Crippen LogP contribution in [0.15, 0.2) is 18.3 Å². The van der Waals surface area contributed by atoms with Gasteiger partial charge in [0.1, 0.15) is 5.69 Å². The largest absolute Gasteiger partial charge is 0.291 e. The number of nitrogens with zero attached hydrogens (tertiary/aromatic N) is 2. The van der Waals surface area contributed by atoms with Gasteiger partial charge in [0, 0.05) is 18.2 Å². The quantitative estimate of drug-likeness (QED) is 0.495. The molecule has 2 rings (SSSR count). The van der Waals surface area contributed by atoms with Crippen molar-refractivity contribution in [3.8, 4) is 0 Å². The Morgan fingerprint density at radius 1 is 1.58 bits per heavy atom. The summed E-state index contributed by atoms with van der Waals surface area (Å²) in [6, 6.07) is 3.12. The van der Waals surface area contributed by atoms with Crippen molar-refractivity contribution in [1.82, 2.24) is 4.98 Å². The van der Waals surface area contributed by atoms with Crippen LogP contribution in [0.1, 0.15) is 24.5 Å². The second-order valence-corrected chi connectivity index (χ2v) is 2.94. The van der Waals surface area contributed by atoms with Gasteiger partial charge in [-0.25, -0.2) is 0 Å². The first-order valence-electron chi connectivity index (χ1n) is 3.88. The Balaban J connectivity index is 2.43. The fraction of sp³-hybridized carbons (Fsp3) is 0.375. The van der Waals surface area contributed by atoms with Crippen LogP contribution < -0.4 is 0 Å². The van der Waals surface area contributed by atoms with Crippen molar-refractivity contribution in [2.45, 2.75) is 18.8 Å². The van der Waals surface area contributed by atoms with Crippen molar-refractivity contribution in [1.29, 1.82) is 0 Å². The van der Waals surface area contributed by atoms with E-state index >= 15 is 0 Å². The fourth-order valence-electron chi connectivity index (χ4n) is 1.23. The van der Waals surface area contributed by atoms with Crippen LogP contribution in [0.25, 0.3) is 0 Å². The molecule has 4 nitrogen and oxygen atoms in total. The summed E-state index contributed by atoms with van der Waals surface area (Å²) in [5.41, 5.74) is 0.822. The third kappa shape index (κ3) is 1.15. The molecule has 0 radical (unpaired) electrons. The van der Waals surface area contributed by atoms with Gasteiger partial charge >= 0.3 is 0 Å². The van der Waals surface area contributed by atoms with E-state index in [1.807, 2.05) is 0 Å². The SMILES string of the molecule is O=[N+]([O-])c1cccnc1C1CC1. The van der Waals surface area contributed by atoms with E-state index < -0.39 is 0 Å². The summed E-state index contributed by atoms with van der Waals surface area (Å²) < 4.78 is 0. The zero-order valence-corrected chi connectivity index (χ0v) is 6.43. The average molecular weight is 164 g/mol. The highest BCUT2D eigenvalue weighted by molar-refractivity contribution is 5.38. The van der Waals surface area contributed by atoms with Crippen LogP contribution >= 0.6 is 0 Å². The van der Waals surface area contributed by atoms with Gasteiger partial charge in [-0.05, 0) is 18.9 Å². The third-order valence-electron chi connectivity index (χ3n) is 1.98. The van der Waals surface area contributed by atoms with E-state index in [2.05, 4.69) is 4.98 Å². The monoisotopic (exact) mass is 164 g/mol. The van der Waals surface area contributed by atoms with E-state index in [-0.39, 0.29) is 10.6 Å². The number of rotatable bonds is 2. The molecule has 0 aromatic carbocycles. The lowest BCUT2D eigenvalue weighted by molar-refractivity contribution is -0.385. The molecule has 1 aromatic rings. The lowest BCUT2D eigenvalue weighted by Crippen LogP contribution is -1.95. The van der Waals surface area contributed by atoms with Crippen molar-refractivity contribution < 1.29 is 4.92 Å². The number of pyridine rings is 1. The molecule has 0 spiro atoms. The molecule has 4 heteroatoms. The molecule has 1 fully saturated rings. The van der Waals surface area contributed by atoms with Crippen LogP contribution in [0, 0.1) is 10.1 Å². The summed E-state index contributed by atoms with van der Waals surface area (Å²) in [7, 11) is 0. The Labute approximate surface area is 69.4 Å². The molecular formula is C8H8N2O2. The van der Waals surface area contributed by atoms with Gasteiger partial charge in [-0.1, -0.05) is 0 Å². The molecule has 0 atom stereocenters. The molecule has 62 valence electrons. The van der Waals surface area contributed by atoms with E-state index in [0.717, 1.165) is 12.8 Å². The summed E-state index contributed by atoms with van der Waals surface area (Å²) in [6.07, 6.45) is 3.69. The highest BCUT2D eigenvalue weighted by Crippen LogP contribution is 2.42. The maximum atomic E-state index is 10.5. The predicted octanol–water partition coefficient (Wildman–Crippen LogP) is 1.87. The first-order chi connectivity index (χ1) is 5.79. The Morgan fingerprint density at radius 2 is 2.33 bits per heavy atom. The number of aromatic nitrogens is 1. The highest BCUT2D eigenvalue weighted by Gasteiger charge is 2.31. The van der Waals surface area contributed by atoms with Gasteiger partial charge in [0.15, 0.2) is 0 Å². The van der Waals surface area contributed by atoms with Gasteiger partial charge in [-0.2, -0.15) is 0 Å². The van der Waals surface area contributed by atoms with Crippen molar-refractivity contribution in [2.24, 2.45) is 0 Å². The Morgan fingerprint density at radius 3 is 2.92 bits per heavy atom. The molecule has 1 aliphatic carbocycles. The minimum Gasteiger partial charge on any atom is -0.258 e. The maximum Gasteiger partial charge on any atom is 0.291 e. The molecule has 1 aliphatic rings. The molecule has 1 saturated carbocycles. The Bertz CT molecular complexity index is 321. The fourth-order valence-corrected chi connectivity index (χ4v) is 1.23. The Kier molecular flexibility index (Phi) is 1.53. The normalized spacial score (nSPS) is 16.0. The highest BCUT2D eigenvalue weighted by atomic mass is 16.6. The van der Waals surface area contributed by atoms with Crippen molar-refractivity contribution in [3.05, 3.63) is 34.1 Å². The minimum absolute atomic E-state index is 0.167. The standard InChI is InChI=1S/C8H8N2O2/c11-10(12)7-2-1-5-9-8(7)6-3-4-6/h1-2,5-6H,3-4H2. The summed E-state index contributed by atoms with van der Waals surface area (Å²) >= 11 is 0. The van der Waals surface area contributed by atoms with Gasteiger partial charge in [-0.15, -0.1) is 0 Å². The van der Waals surface area contributed by atoms with Crippen LogP contribution in [-0.2, 0) is 0 Å². The molecule has 12 heavy (non-hydrogen) atoms. The lowest BCUT2D eigenvalue weighted by atomic mass is 10.2. The zero-order valence-electron chi connectivity index (χ0n) is 6.43. The number of nitro groups is 1. The van der Waals surface area contributed by atoms with Crippen LogP contribution in [0.3, 0.4) is 0 Å². The lowest BCUT2D eigenvalue weighted by Gasteiger charge is -1.97. The molecule has 0 amide bonds. The molecule has 0 N–H and O–H groups in total. The smallest absolute Gasteiger partial charge is 0.258 e. The van der Waals surface area contributed by atoms with Gasteiger partial charge in [-0.3, -0.25) is 15.1 Å². The van der Waals surface area contributed by atoms with Crippen LogP contribution in [-0.4, -0.2) is 9.91 Å². The Hall–Kier alpha value is -1.45. The molecule has 0 bridgehead atoms. The second kappa shape index (κ2) is 2.55. The number of hydrogen-bond acceptors (Lipinski definition) is 3. The molecule has 1 heterocycles. The van der Waals surface area contributed by atoms with Crippen molar-refractivity contribution in [3.63, 3.8) is 0 Å². The van der Waals surface area contributed by atoms with E-state index in [1.54, 1.807) is 12.3 Å². The van der Waals surface area contributed by atoms with Crippen LogP contribution in [0.4, 0.5) is 5.69 Å². The minimum atomic E-state index is -0.360. The van der Waals surface area contributed by atoms with E-state index in [9.17, 15) is 10.1 Å². The van der Waals surface area contributed by atoms with Gasteiger partial charge in [0.05, 0.1) is 4.92 Å². The molecule has 0 aliphatic heterocycles. The maximum absolute atomic E-state index is 10.5. The predicted molar refractivity (Wildman–Crippen MR) is 42.9 cm³/mol. The van der Waals surface area contributed by atoms with E-state index in [4.69, 9.17) is 0 Å². The van der Waals surface area contributed by atoms with Crippen molar-refractivity contribution >= 4 is 5.69 Å². The molecule has 1 aromatic heterocycles. The van der Waals surface area contributed by atoms with Gasteiger partial charge in [0.25, 0.3) is 5.69 Å². The third-order valence-corrected chi connectivity index (χ3v) is 1.98. The summed E-state index contributed by atoms with van der Waals surface area (Å²) in [4.78, 5) is 14.2. The first-order valence-corrected chi connectivity index (χ1v) is 3.88. The zero-order chi connectivity index (χ0) is 8.55. The molecule has 0 saturated heterocycles. The van der Waals surface area contributed by atoms with Crippen LogP contribution in [0.2, 0.25) is 0 Å². The first kappa shape index (κ1) is 7.21. The summed E-state index contributed by atoms with van der Waals surface area (Å²) in [5.74, 6) is 0.339. The van der Waals surface area contributed by atoms with Gasteiger partial charge in [0.2, 0.25) is 0 Å². The summed E-state index contributed by atoms with van der Waals surface area (Å²) in [5, 5.41) is 10.5. The molecule has 0 unspecified atom stereocenters. The topological polar surface area (TPSA) is 56.0 Å². The summed E-state index contributed by atoms with van der Waals surface area (Å²) in [6.45, 7) is 0. The van der Waals surface area contributed by atoms with E-state index in [0.29, 0.717) is 11.6 Å². The average Bonchev–Trinajstić information content (AvgIpc) is 2.87. The molecular weight excluding hydrogens is 156 g/mol. The van der Waals surface area contributed by atoms with Gasteiger partial charge < -0.3 is 0 Å².